The average molecular weight is 375 g/mol. The van der Waals surface area contributed by atoms with Gasteiger partial charge in [0.1, 0.15) is 5.69 Å². The van der Waals surface area contributed by atoms with Crippen LogP contribution in [0.4, 0.5) is 11.4 Å². The maximum Gasteiger partial charge on any atom is 0.339 e. The van der Waals surface area contributed by atoms with Gasteiger partial charge in [-0.15, -0.1) is 0 Å². The third kappa shape index (κ3) is 3.52. The maximum absolute atomic E-state index is 12.5. The lowest BCUT2D eigenvalue weighted by molar-refractivity contribution is -0.383. The number of rotatable bonds is 4. The Morgan fingerprint density at radius 1 is 1.35 bits per heavy atom. The number of fused-ring (bicyclic) bond motifs is 1. The van der Waals surface area contributed by atoms with E-state index in [1.807, 2.05) is 19.1 Å². The normalized spacial score (nSPS) is 15.8. The molecule has 1 aliphatic rings. The van der Waals surface area contributed by atoms with Crippen molar-refractivity contribution in [3.63, 3.8) is 0 Å². The van der Waals surface area contributed by atoms with Crippen LogP contribution in [0.1, 0.15) is 28.4 Å². The van der Waals surface area contributed by atoms with Crippen LogP contribution in [0.2, 0.25) is 5.02 Å². The first-order valence-electron chi connectivity index (χ1n) is 7.96. The predicted molar refractivity (Wildman–Crippen MR) is 95.5 cm³/mol. The van der Waals surface area contributed by atoms with Gasteiger partial charge in [-0.3, -0.25) is 14.9 Å². The predicted octanol–water partition coefficient (Wildman–Crippen LogP) is 3.53. The number of carbonyl (C=O) groups is 2. The molecule has 1 unspecified atom stereocenters. The molecule has 8 heteroatoms. The summed E-state index contributed by atoms with van der Waals surface area (Å²) in [6, 6.07) is 9.33. The van der Waals surface area contributed by atoms with Crippen LogP contribution in [0.5, 0.6) is 0 Å². The Bertz CT molecular complexity index is 912. The Hall–Kier alpha value is -2.93. The van der Waals surface area contributed by atoms with Gasteiger partial charge in [-0.2, -0.15) is 0 Å². The number of halogens is 1. The zero-order valence-corrected chi connectivity index (χ0v) is 14.6. The zero-order valence-electron chi connectivity index (χ0n) is 13.8. The number of amides is 1. The van der Waals surface area contributed by atoms with Crippen LogP contribution in [0.25, 0.3) is 0 Å². The van der Waals surface area contributed by atoms with E-state index in [0.717, 1.165) is 23.6 Å². The molecule has 1 heterocycles. The molecule has 3 rings (SSSR count). The first-order chi connectivity index (χ1) is 12.4. The number of benzene rings is 2. The van der Waals surface area contributed by atoms with Crippen molar-refractivity contribution < 1.29 is 19.2 Å². The Morgan fingerprint density at radius 2 is 2.12 bits per heavy atom. The molecule has 0 fully saturated rings. The number of ether oxygens (including phenoxy) is 1. The number of anilines is 1. The fraction of sp³-hybridized carbons (Fsp3) is 0.222. The molecule has 0 spiro atoms. The van der Waals surface area contributed by atoms with Crippen LogP contribution in [0, 0.1) is 10.1 Å². The summed E-state index contributed by atoms with van der Waals surface area (Å²) in [5.41, 5.74) is 1.87. The van der Waals surface area contributed by atoms with Gasteiger partial charge in [0.15, 0.2) is 6.10 Å². The summed E-state index contributed by atoms with van der Waals surface area (Å²) in [6.07, 6.45) is -0.0458. The lowest BCUT2D eigenvalue weighted by atomic mass is 9.95. The summed E-state index contributed by atoms with van der Waals surface area (Å²) >= 11 is 5.76. The fourth-order valence-corrected chi connectivity index (χ4v) is 2.96. The van der Waals surface area contributed by atoms with Crippen molar-refractivity contribution in [2.45, 2.75) is 25.9 Å². The number of cyclic esters (lactones) is 1. The monoisotopic (exact) mass is 374 g/mol. The number of nitrogens with zero attached hydrogens (tertiary/aromatic N) is 1. The van der Waals surface area contributed by atoms with Crippen LogP contribution < -0.4 is 5.32 Å². The number of nitrogens with one attached hydrogen (secondary N) is 1. The van der Waals surface area contributed by atoms with Gasteiger partial charge in [-0.05, 0) is 35.7 Å². The minimum Gasteiger partial charge on any atom is -0.448 e. The minimum atomic E-state index is -1.06. The third-order valence-corrected chi connectivity index (χ3v) is 4.39. The first-order valence-corrected chi connectivity index (χ1v) is 8.34. The van der Waals surface area contributed by atoms with E-state index in [1.54, 1.807) is 6.07 Å². The van der Waals surface area contributed by atoms with Crippen molar-refractivity contribution >= 4 is 34.9 Å². The van der Waals surface area contributed by atoms with E-state index in [-0.39, 0.29) is 22.8 Å². The highest BCUT2D eigenvalue weighted by Gasteiger charge is 2.32. The standard InChI is InChI=1S/C18H15ClN2O5/c1-2-10-3-5-13-11(7-10)8-16(26-18(13)23)17(22)20-14-6-4-12(19)9-15(14)21(24)25/h3-7,9,16H,2,8H2,1H3,(H,20,22). The van der Waals surface area contributed by atoms with Gasteiger partial charge in [0.2, 0.25) is 0 Å². The van der Waals surface area contributed by atoms with Crippen molar-refractivity contribution in [1.29, 1.82) is 0 Å². The molecular weight excluding hydrogens is 360 g/mol. The molecule has 2 aromatic rings. The van der Waals surface area contributed by atoms with Gasteiger partial charge >= 0.3 is 5.97 Å². The second-order valence-corrected chi connectivity index (χ2v) is 6.29. The molecule has 1 N–H and O–H groups in total. The highest BCUT2D eigenvalue weighted by Crippen LogP contribution is 2.29. The number of nitro groups is 1. The quantitative estimate of drug-likeness (QED) is 0.501. The molecule has 0 radical (unpaired) electrons. The van der Waals surface area contributed by atoms with E-state index in [4.69, 9.17) is 16.3 Å². The minimum absolute atomic E-state index is 0.00597. The molecule has 0 bridgehead atoms. The Morgan fingerprint density at radius 3 is 2.81 bits per heavy atom. The van der Waals surface area contributed by atoms with Crippen LogP contribution >= 0.6 is 11.6 Å². The molecule has 2 aromatic carbocycles. The Kier molecular flexibility index (Phi) is 4.90. The molecule has 0 aliphatic carbocycles. The van der Waals surface area contributed by atoms with E-state index in [1.165, 1.54) is 12.1 Å². The van der Waals surface area contributed by atoms with Gasteiger partial charge in [0, 0.05) is 17.5 Å². The van der Waals surface area contributed by atoms with E-state index in [9.17, 15) is 19.7 Å². The van der Waals surface area contributed by atoms with Crippen molar-refractivity contribution in [2.75, 3.05) is 5.32 Å². The van der Waals surface area contributed by atoms with Crippen molar-refractivity contribution in [1.82, 2.24) is 0 Å². The van der Waals surface area contributed by atoms with Gasteiger partial charge < -0.3 is 10.1 Å². The summed E-state index contributed by atoms with van der Waals surface area (Å²) in [7, 11) is 0. The molecule has 1 atom stereocenters. The second kappa shape index (κ2) is 7.13. The molecule has 0 saturated carbocycles. The Balaban J connectivity index is 1.83. The zero-order chi connectivity index (χ0) is 18.8. The number of hydrogen-bond acceptors (Lipinski definition) is 5. The lowest BCUT2D eigenvalue weighted by Crippen LogP contribution is -2.38. The van der Waals surface area contributed by atoms with Gasteiger partial charge in [-0.1, -0.05) is 30.7 Å². The summed E-state index contributed by atoms with van der Waals surface area (Å²) in [5, 5.41) is 13.8. The number of aryl methyl sites for hydroxylation is 1. The van der Waals surface area contributed by atoms with Crippen LogP contribution in [0.15, 0.2) is 36.4 Å². The Labute approximate surface area is 154 Å². The molecule has 0 aromatic heterocycles. The summed E-state index contributed by atoms with van der Waals surface area (Å²) < 4.78 is 5.20. The van der Waals surface area contributed by atoms with Gasteiger partial charge in [0.25, 0.3) is 11.6 Å². The number of hydrogen-bond donors (Lipinski definition) is 1. The molecular formula is C18H15ClN2O5. The molecule has 1 aliphatic heterocycles. The SMILES string of the molecule is CCc1ccc2c(c1)CC(C(=O)Nc1ccc(Cl)cc1[N+](=O)[O-])OC2=O. The molecule has 0 saturated heterocycles. The topological polar surface area (TPSA) is 98.5 Å². The largest absolute Gasteiger partial charge is 0.448 e. The first kappa shape index (κ1) is 17.9. The van der Waals surface area contributed by atoms with E-state index < -0.39 is 22.9 Å². The lowest BCUT2D eigenvalue weighted by Gasteiger charge is -2.24. The second-order valence-electron chi connectivity index (χ2n) is 5.85. The van der Waals surface area contributed by atoms with Crippen LogP contribution in [-0.4, -0.2) is 22.9 Å². The number of carbonyl (C=O) groups excluding carboxylic acids is 2. The highest BCUT2D eigenvalue weighted by atomic mass is 35.5. The van der Waals surface area contributed by atoms with Crippen LogP contribution in [0.3, 0.4) is 0 Å². The molecule has 7 nitrogen and oxygen atoms in total. The van der Waals surface area contributed by atoms with Crippen molar-refractivity contribution in [2.24, 2.45) is 0 Å². The molecule has 26 heavy (non-hydrogen) atoms. The van der Waals surface area contributed by atoms with E-state index in [0.29, 0.717) is 5.56 Å². The number of esters is 1. The number of nitro benzene ring substituents is 1. The van der Waals surface area contributed by atoms with E-state index >= 15 is 0 Å². The molecule has 134 valence electrons. The van der Waals surface area contributed by atoms with Crippen molar-refractivity contribution in [3.05, 3.63) is 68.2 Å². The summed E-state index contributed by atoms with van der Waals surface area (Å²) in [5.74, 6) is -1.21. The fourth-order valence-electron chi connectivity index (χ4n) is 2.79. The van der Waals surface area contributed by atoms with Gasteiger partial charge in [-0.25, -0.2) is 4.79 Å². The van der Waals surface area contributed by atoms with Gasteiger partial charge in [0.05, 0.1) is 10.5 Å². The smallest absolute Gasteiger partial charge is 0.339 e. The summed E-state index contributed by atoms with van der Waals surface area (Å²) in [4.78, 5) is 35.1. The maximum atomic E-state index is 12.5. The van der Waals surface area contributed by atoms with Crippen molar-refractivity contribution in [3.8, 4) is 0 Å². The van der Waals surface area contributed by atoms with Crippen LogP contribution in [-0.2, 0) is 22.4 Å². The average Bonchev–Trinajstić information content (AvgIpc) is 2.62. The third-order valence-electron chi connectivity index (χ3n) is 4.16. The van der Waals surface area contributed by atoms with E-state index in [2.05, 4.69) is 5.32 Å². The summed E-state index contributed by atoms with van der Waals surface area (Å²) in [6.45, 7) is 1.99. The molecule has 1 amide bonds. The highest BCUT2D eigenvalue weighted by molar-refractivity contribution is 6.31.